The maximum Gasteiger partial charge on any atom is 0.300 e. The van der Waals surface area contributed by atoms with E-state index >= 15 is 0 Å². The normalized spacial score (nSPS) is 17.2. The molecule has 3 aromatic rings. The van der Waals surface area contributed by atoms with Gasteiger partial charge in [-0.25, -0.2) is 0 Å². The van der Waals surface area contributed by atoms with Crippen molar-refractivity contribution in [1.29, 1.82) is 0 Å². The number of anilines is 3. The van der Waals surface area contributed by atoms with Crippen LogP contribution in [0.3, 0.4) is 0 Å². The van der Waals surface area contributed by atoms with Crippen molar-refractivity contribution < 1.29 is 9.59 Å². The fourth-order valence-electron chi connectivity index (χ4n) is 4.33. The van der Waals surface area contributed by atoms with Crippen LogP contribution in [-0.4, -0.2) is 36.3 Å². The van der Waals surface area contributed by atoms with E-state index in [1.54, 1.807) is 0 Å². The average Bonchev–Trinajstić information content (AvgIpc) is 3.12. The predicted octanol–water partition coefficient (Wildman–Crippen LogP) is 4.42. The van der Waals surface area contributed by atoms with Crippen LogP contribution in [0.15, 0.2) is 90.0 Å². The SMILES string of the molecule is CCN(CC)c1ccc(NC2(NC(C)=O)C(=O)N(c3ccccc3)N=C2Cc2ccccc2)cc1. The highest BCUT2D eigenvalue weighted by molar-refractivity contribution is 6.26. The summed E-state index contributed by atoms with van der Waals surface area (Å²) in [6, 6.07) is 26.9. The highest BCUT2D eigenvalue weighted by Gasteiger charge is 2.52. The minimum atomic E-state index is -1.52. The van der Waals surface area contributed by atoms with E-state index in [9.17, 15) is 9.59 Å². The van der Waals surface area contributed by atoms with Crippen LogP contribution in [-0.2, 0) is 16.0 Å². The van der Waals surface area contributed by atoms with Gasteiger partial charge in [-0.15, -0.1) is 0 Å². The van der Waals surface area contributed by atoms with Crippen molar-refractivity contribution in [3.05, 3.63) is 90.5 Å². The fourth-order valence-corrected chi connectivity index (χ4v) is 4.33. The molecule has 0 bridgehead atoms. The Hall–Kier alpha value is -4.13. The molecule has 35 heavy (non-hydrogen) atoms. The second-order valence-corrected chi connectivity index (χ2v) is 8.44. The van der Waals surface area contributed by atoms with Crippen molar-refractivity contribution in [2.75, 3.05) is 28.3 Å². The number of nitrogens with zero attached hydrogens (tertiary/aromatic N) is 3. The summed E-state index contributed by atoms with van der Waals surface area (Å²) in [6.45, 7) is 7.44. The number of benzene rings is 3. The molecule has 2 N–H and O–H groups in total. The minimum Gasteiger partial charge on any atom is -0.372 e. The van der Waals surface area contributed by atoms with Crippen molar-refractivity contribution in [3.8, 4) is 0 Å². The van der Waals surface area contributed by atoms with Crippen LogP contribution in [0.1, 0.15) is 26.3 Å². The van der Waals surface area contributed by atoms with E-state index in [0.717, 1.165) is 24.3 Å². The van der Waals surface area contributed by atoms with E-state index in [0.29, 0.717) is 23.5 Å². The molecular formula is C28H31N5O2. The zero-order chi connectivity index (χ0) is 24.8. The van der Waals surface area contributed by atoms with Gasteiger partial charge in [-0.1, -0.05) is 48.5 Å². The Morgan fingerprint density at radius 3 is 2.09 bits per heavy atom. The Balaban J connectivity index is 1.76. The van der Waals surface area contributed by atoms with Crippen LogP contribution in [0.2, 0.25) is 0 Å². The van der Waals surface area contributed by atoms with Crippen LogP contribution in [0.25, 0.3) is 0 Å². The molecule has 1 aliphatic rings. The van der Waals surface area contributed by atoms with E-state index in [1.165, 1.54) is 11.9 Å². The number of hydrazone groups is 1. The van der Waals surface area contributed by atoms with Gasteiger partial charge < -0.3 is 15.5 Å². The first-order chi connectivity index (χ1) is 17.0. The van der Waals surface area contributed by atoms with Crippen molar-refractivity contribution in [1.82, 2.24) is 5.32 Å². The summed E-state index contributed by atoms with van der Waals surface area (Å²) in [7, 11) is 0. The molecule has 0 saturated carbocycles. The first kappa shape index (κ1) is 24.0. The number of hydrogen-bond acceptors (Lipinski definition) is 5. The van der Waals surface area contributed by atoms with Crippen molar-refractivity contribution in [2.24, 2.45) is 5.10 Å². The fraction of sp³-hybridized carbons (Fsp3) is 0.250. The van der Waals surface area contributed by atoms with Gasteiger partial charge in [0, 0.05) is 37.8 Å². The second kappa shape index (κ2) is 10.4. The number of carbonyl (C=O) groups is 2. The highest BCUT2D eigenvalue weighted by atomic mass is 16.2. The van der Waals surface area contributed by atoms with Crippen molar-refractivity contribution >= 4 is 34.6 Å². The van der Waals surface area contributed by atoms with Crippen LogP contribution in [0.5, 0.6) is 0 Å². The van der Waals surface area contributed by atoms with Gasteiger partial charge in [0.05, 0.1) is 11.4 Å². The zero-order valence-corrected chi connectivity index (χ0v) is 20.4. The van der Waals surface area contributed by atoms with Gasteiger partial charge in [-0.3, -0.25) is 9.59 Å². The standard InChI is InChI=1S/C28H31N5O2/c1-4-32(5-2)24-18-16-23(17-19-24)30-28(29-21(3)34)26(20-22-12-8-6-9-13-22)31-33(27(28)35)25-14-10-7-11-15-25/h6-19,30H,4-5,20H2,1-3H3,(H,29,34). The van der Waals surface area contributed by atoms with E-state index < -0.39 is 5.66 Å². The Bertz CT molecular complexity index is 1190. The summed E-state index contributed by atoms with van der Waals surface area (Å²) in [5.41, 5.74) is 2.42. The Kier molecular flexibility index (Phi) is 7.15. The molecule has 4 rings (SSSR count). The topological polar surface area (TPSA) is 77.0 Å². The van der Waals surface area contributed by atoms with Crippen LogP contribution in [0, 0.1) is 0 Å². The molecule has 7 heteroatoms. The Labute approximate surface area is 206 Å². The number of amides is 2. The largest absolute Gasteiger partial charge is 0.372 e. The summed E-state index contributed by atoms with van der Waals surface area (Å²) in [5, 5.41) is 12.3. The summed E-state index contributed by atoms with van der Waals surface area (Å²) in [5.74, 6) is -0.695. The molecule has 1 atom stereocenters. The smallest absolute Gasteiger partial charge is 0.300 e. The summed E-state index contributed by atoms with van der Waals surface area (Å²) in [6.07, 6.45) is 0.390. The minimum absolute atomic E-state index is 0.332. The molecule has 3 aromatic carbocycles. The molecule has 0 fully saturated rings. The van der Waals surface area contributed by atoms with Gasteiger partial charge in [-0.2, -0.15) is 10.1 Å². The molecular weight excluding hydrogens is 438 g/mol. The Morgan fingerprint density at radius 1 is 0.914 bits per heavy atom. The lowest BCUT2D eigenvalue weighted by Gasteiger charge is -2.32. The average molecular weight is 470 g/mol. The lowest BCUT2D eigenvalue weighted by molar-refractivity contribution is -0.127. The molecule has 2 amide bonds. The third kappa shape index (κ3) is 5.04. The summed E-state index contributed by atoms with van der Waals surface area (Å²) in [4.78, 5) is 28.6. The van der Waals surface area contributed by atoms with Gasteiger partial charge in [0.25, 0.3) is 5.91 Å². The van der Waals surface area contributed by atoms with E-state index in [4.69, 9.17) is 5.10 Å². The number of para-hydroxylation sites is 1. The number of hydrogen-bond donors (Lipinski definition) is 2. The van der Waals surface area contributed by atoms with E-state index in [2.05, 4.69) is 29.4 Å². The zero-order valence-electron chi connectivity index (χ0n) is 20.4. The summed E-state index contributed by atoms with van der Waals surface area (Å²) < 4.78 is 0. The number of carbonyl (C=O) groups excluding carboxylic acids is 2. The lowest BCUT2D eigenvalue weighted by Crippen LogP contribution is -2.65. The predicted molar refractivity (Wildman–Crippen MR) is 142 cm³/mol. The van der Waals surface area contributed by atoms with Gasteiger partial charge in [0.1, 0.15) is 0 Å². The van der Waals surface area contributed by atoms with Gasteiger partial charge in [-0.05, 0) is 55.8 Å². The van der Waals surface area contributed by atoms with Gasteiger partial charge in [0.2, 0.25) is 11.6 Å². The molecule has 0 aromatic heterocycles. The third-order valence-electron chi connectivity index (χ3n) is 6.07. The van der Waals surface area contributed by atoms with Gasteiger partial charge in [0.15, 0.2) is 0 Å². The molecule has 0 spiro atoms. The van der Waals surface area contributed by atoms with E-state index in [1.807, 2.05) is 84.9 Å². The second-order valence-electron chi connectivity index (χ2n) is 8.44. The van der Waals surface area contributed by atoms with Crippen molar-refractivity contribution in [2.45, 2.75) is 32.9 Å². The lowest BCUT2D eigenvalue weighted by atomic mass is 9.96. The number of rotatable bonds is 9. The first-order valence-electron chi connectivity index (χ1n) is 11.9. The molecule has 1 heterocycles. The molecule has 1 unspecified atom stereocenters. The Morgan fingerprint density at radius 2 is 1.51 bits per heavy atom. The summed E-state index contributed by atoms with van der Waals surface area (Å²) >= 11 is 0. The molecule has 1 aliphatic heterocycles. The van der Waals surface area contributed by atoms with Crippen LogP contribution < -0.4 is 20.5 Å². The van der Waals surface area contributed by atoms with Crippen LogP contribution in [0.4, 0.5) is 17.1 Å². The maximum atomic E-state index is 14.0. The molecule has 0 radical (unpaired) electrons. The molecule has 7 nitrogen and oxygen atoms in total. The van der Waals surface area contributed by atoms with Crippen molar-refractivity contribution in [3.63, 3.8) is 0 Å². The monoisotopic (exact) mass is 469 g/mol. The molecule has 0 aliphatic carbocycles. The quantitative estimate of drug-likeness (QED) is 0.455. The molecule has 180 valence electrons. The molecule has 0 saturated heterocycles. The van der Waals surface area contributed by atoms with E-state index in [-0.39, 0.29) is 11.8 Å². The first-order valence-corrected chi connectivity index (χ1v) is 11.9. The van der Waals surface area contributed by atoms with Gasteiger partial charge >= 0.3 is 0 Å². The number of nitrogens with one attached hydrogen (secondary N) is 2. The maximum absolute atomic E-state index is 14.0. The van der Waals surface area contributed by atoms with Crippen LogP contribution >= 0.6 is 0 Å². The third-order valence-corrected chi connectivity index (χ3v) is 6.07. The highest BCUT2D eigenvalue weighted by Crippen LogP contribution is 2.30.